The van der Waals surface area contributed by atoms with E-state index in [2.05, 4.69) is 10.1 Å². The third-order valence-corrected chi connectivity index (χ3v) is 5.65. The number of rotatable bonds is 5. The van der Waals surface area contributed by atoms with Gasteiger partial charge in [0, 0.05) is 31.9 Å². The average Bonchev–Trinajstić information content (AvgIpc) is 2.96. The molecule has 1 aromatic heterocycles. The standard InChI is InChI=1S/C24H26FN3O3/c1-17-22(18(2)31-26-17)16-30-23-7-4-3-6-21(23)24(29)28-13-5-12-27(14-15-28)20-10-8-19(25)9-11-20/h3-4,6-11H,5,12-16H2,1-2H3. The van der Waals surface area contributed by atoms with Gasteiger partial charge in [-0.25, -0.2) is 4.39 Å². The minimum atomic E-state index is -0.247. The molecule has 3 aromatic rings. The molecule has 1 fully saturated rings. The fourth-order valence-electron chi connectivity index (χ4n) is 3.83. The van der Waals surface area contributed by atoms with Crippen LogP contribution in [0.2, 0.25) is 0 Å². The minimum Gasteiger partial charge on any atom is -0.488 e. The highest BCUT2D eigenvalue weighted by Crippen LogP contribution is 2.24. The average molecular weight is 423 g/mol. The highest BCUT2D eigenvalue weighted by atomic mass is 19.1. The van der Waals surface area contributed by atoms with Crippen LogP contribution < -0.4 is 9.64 Å². The van der Waals surface area contributed by atoms with Crippen LogP contribution in [0.15, 0.2) is 53.1 Å². The van der Waals surface area contributed by atoms with Gasteiger partial charge in [-0.3, -0.25) is 4.79 Å². The summed E-state index contributed by atoms with van der Waals surface area (Å²) in [4.78, 5) is 17.4. The molecule has 2 heterocycles. The Morgan fingerprint density at radius 2 is 1.84 bits per heavy atom. The Labute approximate surface area is 181 Å². The molecule has 0 bridgehead atoms. The number of nitrogens with zero attached hydrogens (tertiary/aromatic N) is 3. The number of amides is 1. The fraction of sp³-hybridized carbons (Fsp3) is 0.333. The van der Waals surface area contributed by atoms with E-state index in [1.807, 2.05) is 36.9 Å². The molecule has 1 saturated heterocycles. The van der Waals surface area contributed by atoms with Gasteiger partial charge in [-0.2, -0.15) is 0 Å². The molecule has 6 nitrogen and oxygen atoms in total. The number of halogens is 1. The molecule has 0 unspecified atom stereocenters. The third-order valence-electron chi connectivity index (χ3n) is 5.65. The zero-order valence-electron chi connectivity index (χ0n) is 17.8. The molecule has 0 N–H and O–H groups in total. The van der Waals surface area contributed by atoms with Crippen LogP contribution in [-0.2, 0) is 6.61 Å². The number of aromatic nitrogens is 1. The maximum absolute atomic E-state index is 13.3. The van der Waals surface area contributed by atoms with E-state index in [4.69, 9.17) is 9.26 Å². The van der Waals surface area contributed by atoms with E-state index in [1.54, 1.807) is 18.2 Å². The first kappa shape index (κ1) is 20.9. The zero-order valence-corrected chi connectivity index (χ0v) is 17.8. The van der Waals surface area contributed by atoms with Crippen LogP contribution >= 0.6 is 0 Å². The summed E-state index contributed by atoms with van der Waals surface area (Å²) in [6, 6.07) is 13.8. The molecule has 1 aliphatic rings. The Hall–Kier alpha value is -3.35. The molecule has 0 aliphatic carbocycles. The lowest BCUT2D eigenvalue weighted by Crippen LogP contribution is -2.35. The monoisotopic (exact) mass is 423 g/mol. The Morgan fingerprint density at radius 1 is 1.06 bits per heavy atom. The molecule has 0 radical (unpaired) electrons. The number of carbonyl (C=O) groups is 1. The van der Waals surface area contributed by atoms with E-state index in [0.29, 0.717) is 37.6 Å². The number of benzene rings is 2. The zero-order chi connectivity index (χ0) is 21.8. The van der Waals surface area contributed by atoms with Crippen molar-refractivity contribution >= 4 is 11.6 Å². The SMILES string of the molecule is Cc1noc(C)c1COc1ccccc1C(=O)N1CCCN(c2ccc(F)cc2)CC1. The summed E-state index contributed by atoms with van der Waals surface area (Å²) in [5.41, 5.74) is 3.20. The maximum Gasteiger partial charge on any atom is 0.257 e. The molecular formula is C24H26FN3O3. The Kier molecular flexibility index (Phi) is 6.21. The summed E-state index contributed by atoms with van der Waals surface area (Å²) in [6.45, 7) is 6.78. The first-order valence-electron chi connectivity index (χ1n) is 10.5. The van der Waals surface area contributed by atoms with Crippen molar-refractivity contribution in [2.45, 2.75) is 26.9 Å². The highest BCUT2D eigenvalue weighted by molar-refractivity contribution is 5.97. The molecule has 0 atom stereocenters. The van der Waals surface area contributed by atoms with Crippen molar-refractivity contribution in [2.75, 3.05) is 31.1 Å². The number of ether oxygens (including phenoxy) is 1. The van der Waals surface area contributed by atoms with Crippen molar-refractivity contribution in [3.63, 3.8) is 0 Å². The van der Waals surface area contributed by atoms with Gasteiger partial charge in [0.1, 0.15) is 23.9 Å². The normalized spacial score (nSPS) is 14.4. The highest BCUT2D eigenvalue weighted by Gasteiger charge is 2.23. The largest absolute Gasteiger partial charge is 0.488 e. The van der Waals surface area contributed by atoms with Gasteiger partial charge in [-0.1, -0.05) is 17.3 Å². The minimum absolute atomic E-state index is 0.0460. The lowest BCUT2D eigenvalue weighted by molar-refractivity contribution is 0.0762. The topological polar surface area (TPSA) is 58.8 Å². The molecule has 0 saturated carbocycles. The fourth-order valence-corrected chi connectivity index (χ4v) is 3.83. The van der Waals surface area contributed by atoms with Gasteiger partial charge in [0.05, 0.1) is 16.8 Å². The van der Waals surface area contributed by atoms with Gasteiger partial charge >= 0.3 is 0 Å². The lowest BCUT2D eigenvalue weighted by Gasteiger charge is -2.24. The van der Waals surface area contributed by atoms with Crippen LogP contribution in [0.25, 0.3) is 0 Å². The van der Waals surface area contributed by atoms with Crippen LogP contribution in [-0.4, -0.2) is 42.1 Å². The number of carbonyl (C=O) groups excluding carboxylic acids is 1. The number of aryl methyl sites for hydroxylation is 2. The molecule has 4 rings (SSSR count). The van der Waals surface area contributed by atoms with E-state index >= 15 is 0 Å². The first-order chi connectivity index (χ1) is 15.0. The van der Waals surface area contributed by atoms with Crippen molar-refractivity contribution in [3.05, 3.63) is 76.9 Å². The van der Waals surface area contributed by atoms with Crippen molar-refractivity contribution in [2.24, 2.45) is 0 Å². The number of hydrogen-bond acceptors (Lipinski definition) is 5. The van der Waals surface area contributed by atoms with E-state index in [1.165, 1.54) is 12.1 Å². The predicted molar refractivity (Wildman–Crippen MR) is 116 cm³/mol. The number of para-hydroxylation sites is 1. The summed E-state index contributed by atoms with van der Waals surface area (Å²) in [5, 5.41) is 3.95. The van der Waals surface area contributed by atoms with Crippen LogP contribution in [0.4, 0.5) is 10.1 Å². The Morgan fingerprint density at radius 3 is 2.58 bits per heavy atom. The van der Waals surface area contributed by atoms with Gasteiger partial charge in [-0.05, 0) is 56.7 Å². The summed E-state index contributed by atoms with van der Waals surface area (Å²) in [6.07, 6.45) is 0.839. The van der Waals surface area contributed by atoms with E-state index in [-0.39, 0.29) is 11.7 Å². The summed E-state index contributed by atoms with van der Waals surface area (Å²) in [7, 11) is 0. The Bertz CT molecular complexity index is 1030. The summed E-state index contributed by atoms with van der Waals surface area (Å²) >= 11 is 0. The lowest BCUT2D eigenvalue weighted by atomic mass is 10.1. The predicted octanol–water partition coefficient (Wildman–Crippen LogP) is 4.36. The molecule has 1 amide bonds. The van der Waals surface area contributed by atoms with Crippen LogP contribution in [0, 0.1) is 19.7 Å². The van der Waals surface area contributed by atoms with Crippen molar-refractivity contribution < 1.29 is 18.4 Å². The van der Waals surface area contributed by atoms with Crippen LogP contribution in [0.5, 0.6) is 5.75 Å². The number of anilines is 1. The van der Waals surface area contributed by atoms with E-state index < -0.39 is 0 Å². The quantitative estimate of drug-likeness (QED) is 0.610. The van der Waals surface area contributed by atoms with E-state index in [0.717, 1.165) is 35.7 Å². The second kappa shape index (κ2) is 9.20. The first-order valence-corrected chi connectivity index (χ1v) is 10.5. The van der Waals surface area contributed by atoms with Crippen molar-refractivity contribution in [3.8, 4) is 5.75 Å². The van der Waals surface area contributed by atoms with Gasteiger partial charge in [-0.15, -0.1) is 0 Å². The van der Waals surface area contributed by atoms with Gasteiger partial charge in [0.2, 0.25) is 0 Å². The molecule has 2 aromatic carbocycles. The molecular weight excluding hydrogens is 397 g/mol. The van der Waals surface area contributed by atoms with Gasteiger partial charge < -0.3 is 19.1 Å². The molecule has 31 heavy (non-hydrogen) atoms. The second-order valence-electron chi connectivity index (χ2n) is 7.70. The van der Waals surface area contributed by atoms with Gasteiger partial charge in [0.15, 0.2) is 0 Å². The van der Waals surface area contributed by atoms with Crippen LogP contribution in [0.3, 0.4) is 0 Å². The van der Waals surface area contributed by atoms with Crippen molar-refractivity contribution in [1.29, 1.82) is 0 Å². The summed E-state index contributed by atoms with van der Waals surface area (Å²) < 4.78 is 24.4. The molecule has 1 aliphatic heterocycles. The third kappa shape index (κ3) is 4.71. The molecule has 7 heteroatoms. The molecule has 162 valence electrons. The maximum atomic E-state index is 13.3. The van der Waals surface area contributed by atoms with Gasteiger partial charge in [0.25, 0.3) is 5.91 Å². The van der Waals surface area contributed by atoms with Crippen LogP contribution in [0.1, 0.15) is 33.8 Å². The molecule has 0 spiro atoms. The number of hydrogen-bond donors (Lipinski definition) is 0. The Balaban J connectivity index is 1.45. The van der Waals surface area contributed by atoms with E-state index in [9.17, 15) is 9.18 Å². The summed E-state index contributed by atoms with van der Waals surface area (Å²) in [5.74, 6) is 0.973. The van der Waals surface area contributed by atoms with Crippen molar-refractivity contribution in [1.82, 2.24) is 10.1 Å². The smallest absolute Gasteiger partial charge is 0.257 e. The second-order valence-corrected chi connectivity index (χ2v) is 7.70.